The van der Waals surface area contributed by atoms with Crippen molar-refractivity contribution < 1.29 is 4.79 Å². The van der Waals surface area contributed by atoms with Crippen LogP contribution in [0, 0.1) is 6.92 Å². The van der Waals surface area contributed by atoms with Gasteiger partial charge in [-0.1, -0.05) is 28.9 Å². The van der Waals surface area contributed by atoms with Gasteiger partial charge in [0.05, 0.1) is 0 Å². The summed E-state index contributed by atoms with van der Waals surface area (Å²) in [7, 11) is 0. The molecule has 2 unspecified atom stereocenters. The Bertz CT molecular complexity index is 458. The van der Waals surface area contributed by atoms with E-state index in [1.54, 1.807) is 0 Å². The van der Waals surface area contributed by atoms with Crippen molar-refractivity contribution in [3.63, 3.8) is 0 Å². The molecule has 98 valence electrons. The van der Waals surface area contributed by atoms with Gasteiger partial charge in [0.2, 0.25) is 0 Å². The van der Waals surface area contributed by atoms with Crippen LogP contribution >= 0.6 is 15.9 Å². The second kappa shape index (κ2) is 5.43. The number of hydrogen-bond acceptors (Lipinski definition) is 1. The molecule has 2 rings (SSSR count). The number of carbonyl (C=O) groups excluding carboxylic acids is 1. The maximum atomic E-state index is 12.7. The van der Waals surface area contributed by atoms with E-state index in [0.717, 1.165) is 34.9 Å². The van der Waals surface area contributed by atoms with Crippen LogP contribution in [0.25, 0.3) is 0 Å². The van der Waals surface area contributed by atoms with E-state index in [1.807, 2.05) is 25.1 Å². The maximum absolute atomic E-state index is 12.7. The first-order chi connectivity index (χ1) is 8.54. The molecule has 0 radical (unpaired) electrons. The molecule has 18 heavy (non-hydrogen) atoms. The number of amides is 1. The number of nitrogens with zero attached hydrogens (tertiary/aromatic N) is 1. The summed E-state index contributed by atoms with van der Waals surface area (Å²) in [6.45, 7) is 6.32. The van der Waals surface area contributed by atoms with Crippen LogP contribution in [0.15, 0.2) is 22.7 Å². The van der Waals surface area contributed by atoms with Crippen LogP contribution in [0.3, 0.4) is 0 Å². The van der Waals surface area contributed by atoms with Crippen molar-refractivity contribution >= 4 is 21.8 Å². The zero-order chi connectivity index (χ0) is 13.3. The van der Waals surface area contributed by atoms with Gasteiger partial charge in [-0.25, -0.2) is 0 Å². The summed E-state index contributed by atoms with van der Waals surface area (Å²) in [5, 5.41) is 0. The maximum Gasteiger partial charge on any atom is 0.254 e. The number of hydrogen-bond donors (Lipinski definition) is 0. The lowest BCUT2D eigenvalue weighted by Gasteiger charge is -2.28. The standard InChI is InChI=1S/C15H20BrNO/c1-4-13-8-6-11(3)17(13)15(18)14-9-12(16)7-5-10(14)2/h5,7,9,11,13H,4,6,8H2,1-3H3. The Kier molecular flexibility index (Phi) is 4.10. The normalized spacial score (nSPS) is 23.4. The van der Waals surface area contributed by atoms with Gasteiger partial charge in [0.25, 0.3) is 5.91 Å². The highest BCUT2D eigenvalue weighted by atomic mass is 79.9. The highest BCUT2D eigenvalue weighted by Crippen LogP contribution is 2.29. The number of halogens is 1. The van der Waals surface area contributed by atoms with Gasteiger partial charge >= 0.3 is 0 Å². The van der Waals surface area contributed by atoms with E-state index in [2.05, 4.69) is 34.7 Å². The lowest BCUT2D eigenvalue weighted by Crippen LogP contribution is -2.40. The van der Waals surface area contributed by atoms with Crippen LogP contribution in [-0.2, 0) is 0 Å². The topological polar surface area (TPSA) is 20.3 Å². The van der Waals surface area contributed by atoms with E-state index < -0.39 is 0 Å². The van der Waals surface area contributed by atoms with Gasteiger partial charge in [-0.15, -0.1) is 0 Å². The highest BCUT2D eigenvalue weighted by Gasteiger charge is 2.34. The first-order valence-electron chi connectivity index (χ1n) is 6.63. The number of rotatable bonds is 2. The molecule has 1 aliphatic heterocycles. The summed E-state index contributed by atoms with van der Waals surface area (Å²) in [6.07, 6.45) is 3.30. The molecule has 1 aromatic carbocycles. The zero-order valence-corrected chi connectivity index (χ0v) is 12.8. The molecule has 1 aliphatic rings. The molecule has 0 aliphatic carbocycles. The van der Waals surface area contributed by atoms with Gasteiger partial charge in [-0.2, -0.15) is 0 Å². The monoisotopic (exact) mass is 309 g/mol. The van der Waals surface area contributed by atoms with Gasteiger partial charge in [0.15, 0.2) is 0 Å². The van der Waals surface area contributed by atoms with Crippen molar-refractivity contribution in [3.05, 3.63) is 33.8 Å². The molecule has 2 nitrogen and oxygen atoms in total. The van der Waals surface area contributed by atoms with E-state index in [9.17, 15) is 4.79 Å². The minimum absolute atomic E-state index is 0.186. The Balaban J connectivity index is 2.32. The number of carbonyl (C=O) groups is 1. The Labute approximate surface area is 117 Å². The van der Waals surface area contributed by atoms with E-state index >= 15 is 0 Å². The Hall–Kier alpha value is -0.830. The first-order valence-corrected chi connectivity index (χ1v) is 7.42. The van der Waals surface area contributed by atoms with Crippen LogP contribution in [0.2, 0.25) is 0 Å². The fourth-order valence-electron chi connectivity index (χ4n) is 2.80. The van der Waals surface area contributed by atoms with Gasteiger partial charge in [-0.3, -0.25) is 4.79 Å². The van der Waals surface area contributed by atoms with Crippen LogP contribution in [0.1, 0.15) is 49.0 Å². The first kappa shape index (κ1) is 13.6. The van der Waals surface area contributed by atoms with Crippen molar-refractivity contribution in [2.45, 2.75) is 52.1 Å². The van der Waals surface area contributed by atoms with E-state index in [1.165, 1.54) is 0 Å². The van der Waals surface area contributed by atoms with Crippen LogP contribution in [0.5, 0.6) is 0 Å². The third-order valence-corrected chi connectivity index (χ3v) is 4.41. The summed E-state index contributed by atoms with van der Waals surface area (Å²) >= 11 is 3.45. The molecular formula is C15H20BrNO. The molecule has 3 heteroatoms. The summed E-state index contributed by atoms with van der Waals surface area (Å²) < 4.78 is 0.969. The lowest BCUT2D eigenvalue weighted by molar-refractivity contribution is 0.0675. The fraction of sp³-hybridized carbons (Fsp3) is 0.533. The average molecular weight is 310 g/mol. The minimum atomic E-state index is 0.186. The summed E-state index contributed by atoms with van der Waals surface area (Å²) in [5.74, 6) is 0.186. The second-order valence-electron chi connectivity index (χ2n) is 5.16. The summed E-state index contributed by atoms with van der Waals surface area (Å²) in [5.41, 5.74) is 1.88. The number of aryl methyl sites for hydroxylation is 1. The van der Waals surface area contributed by atoms with E-state index in [-0.39, 0.29) is 5.91 Å². The number of likely N-dealkylation sites (tertiary alicyclic amines) is 1. The molecule has 2 atom stereocenters. The van der Waals surface area contributed by atoms with Crippen LogP contribution < -0.4 is 0 Å². The van der Waals surface area contributed by atoms with Crippen molar-refractivity contribution in [2.24, 2.45) is 0 Å². The molecule has 1 amide bonds. The van der Waals surface area contributed by atoms with Crippen LogP contribution in [0.4, 0.5) is 0 Å². The Morgan fingerprint density at radius 2 is 2.17 bits per heavy atom. The summed E-state index contributed by atoms with van der Waals surface area (Å²) in [4.78, 5) is 14.8. The SMILES string of the molecule is CCC1CCC(C)N1C(=O)c1cc(Br)ccc1C. The van der Waals surface area contributed by atoms with Crippen molar-refractivity contribution in [3.8, 4) is 0 Å². The van der Waals surface area contributed by atoms with Crippen molar-refractivity contribution in [2.75, 3.05) is 0 Å². The Morgan fingerprint density at radius 3 is 2.83 bits per heavy atom. The molecular weight excluding hydrogens is 290 g/mol. The lowest BCUT2D eigenvalue weighted by atomic mass is 10.1. The predicted molar refractivity (Wildman–Crippen MR) is 77.8 cm³/mol. The smallest absolute Gasteiger partial charge is 0.254 e. The molecule has 1 fully saturated rings. The van der Waals surface area contributed by atoms with Crippen molar-refractivity contribution in [1.82, 2.24) is 4.90 Å². The third kappa shape index (κ3) is 2.46. The minimum Gasteiger partial charge on any atom is -0.333 e. The van der Waals surface area contributed by atoms with Gasteiger partial charge in [-0.05, 0) is 50.8 Å². The molecule has 0 bridgehead atoms. The molecule has 0 aromatic heterocycles. The number of benzene rings is 1. The fourth-order valence-corrected chi connectivity index (χ4v) is 3.16. The molecule has 0 N–H and O–H groups in total. The highest BCUT2D eigenvalue weighted by molar-refractivity contribution is 9.10. The molecule has 1 saturated heterocycles. The molecule has 0 saturated carbocycles. The van der Waals surface area contributed by atoms with Gasteiger partial charge < -0.3 is 4.90 Å². The molecule has 0 spiro atoms. The predicted octanol–water partition coefficient (Wildman–Crippen LogP) is 4.16. The quantitative estimate of drug-likeness (QED) is 0.803. The second-order valence-corrected chi connectivity index (χ2v) is 6.08. The van der Waals surface area contributed by atoms with Crippen molar-refractivity contribution in [1.29, 1.82) is 0 Å². The van der Waals surface area contributed by atoms with E-state index in [4.69, 9.17) is 0 Å². The summed E-state index contributed by atoms with van der Waals surface area (Å²) in [6, 6.07) is 6.69. The zero-order valence-electron chi connectivity index (χ0n) is 11.2. The van der Waals surface area contributed by atoms with E-state index in [0.29, 0.717) is 12.1 Å². The Morgan fingerprint density at radius 1 is 1.44 bits per heavy atom. The molecule has 1 heterocycles. The molecule has 1 aromatic rings. The average Bonchev–Trinajstić information content (AvgIpc) is 2.72. The third-order valence-electron chi connectivity index (χ3n) is 3.92. The largest absolute Gasteiger partial charge is 0.333 e. The van der Waals surface area contributed by atoms with Gasteiger partial charge in [0.1, 0.15) is 0 Å². The van der Waals surface area contributed by atoms with Crippen LogP contribution in [-0.4, -0.2) is 22.9 Å². The van der Waals surface area contributed by atoms with Gasteiger partial charge in [0, 0.05) is 22.1 Å².